The topological polar surface area (TPSA) is 102 Å². The molecule has 1 aromatic carbocycles. The third-order valence-corrected chi connectivity index (χ3v) is 7.64. The second-order valence-corrected chi connectivity index (χ2v) is 10.9. The Labute approximate surface area is 204 Å². The first-order valence-corrected chi connectivity index (χ1v) is 13.0. The fourth-order valence-electron chi connectivity index (χ4n) is 3.54. The van der Waals surface area contributed by atoms with E-state index >= 15 is 0 Å². The van der Waals surface area contributed by atoms with E-state index in [0.717, 1.165) is 6.42 Å². The Balaban J connectivity index is 2.48. The molecule has 10 heteroatoms. The number of ether oxygens (including phenoxy) is 1. The van der Waals surface area contributed by atoms with Crippen molar-refractivity contribution in [2.45, 2.75) is 44.2 Å². The zero-order valence-corrected chi connectivity index (χ0v) is 21.9. The number of amides is 2. The average molecular weight is 495 g/mol. The molecule has 3 atom stereocenters. The summed E-state index contributed by atoms with van der Waals surface area (Å²) < 4.78 is 34.6. The first-order chi connectivity index (χ1) is 16.0. The van der Waals surface area contributed by atoms with Crippen LogP contribution in [0.1, 0.15) is 32.8 Å². The number of carbonyl (C=O) groups excluding carboxylic acids is 1. The lowest BCUT2D eigenvalue weighted by Crippen LogP contribution is -2.51. The minimum absolute atomic E-state index is 0.0287. The van der Waals surface area contributed by atoms with Crippen LogP contribution in [-0.4, -0.2) is 99.7 Å². The molecule has 1 aliphatic heterocycles. The Morgan fingerprint density at radius 2 is 2.06 bits per heavy atom. The number of urea groups is 1. The number of fused-ring (bicyclic) bond motifs is 1. The van der Waals surface area contributed by atoms with Gasteiger partial charge in [0.15, 0.2) is 0 Å². The molecule has 0 aromatic heterocycles. The van der Waals surface area contributed by atoms with Crippen molar-refractivity contribution in [2.24, 2.45) is 5.92 Å². The van der Waals surface area contributed by atoms with Gasteiger partial charge in [-0.05, 0) is 45.6 Å². The van der Waals surface area contributed by atoms with E-state index in [9.17, 15) is 18.3 Å². The van der Waals surface area contributed by atoms with E-state index in [2.05, 4.69) is 17.2 Å². The third-order valence-electron chi connectivity index (χ3n) is 5.62. The van der Waals surface area contributed by atoms with Crippen LogP contribution >= 0.6 is 0 Å². The first-order valence-electron chi connectivity index (χ1n) is 11.6. The first kappa shape index (κ1) is 27.9. The van der Waals surface area contributed by atoms with Crippen molar-refractivity contribution in [3.05, 3.63) is 23.8 Å². The molecule has 0 saturated heterocycles. The van der Waals surface area contributed by atoms with Gasteiger partial charge in [-0.1, -0.05) is 25.7 Å². The highest BCUT2D eigenvalue weighted by molar-refractivity contribution is 7.89. The van der Waals surface area contributed by atoms with E-state index in [0.29, 0.717) is 18.7 Å². The summed E-state index contributed by atoms with van der Waals surface area (Å²) in [6.45, 7) is 6.80. The Hall–Kier alpha value is -2.32. The summed E-state index contributed by atoms with van der Waals surface area (Å²) in [4.78, 5) is 15.9. The highest BCUT2D eigenvalue weighted by Gasteiger charge is 2.38. The van der Waals surface area contributed by atoms with Crippen LogP contribution in [0, 0.1) is 17.8 Å². The van der Waals surface area contributed by atoms with Crippen LogP contribution in [0.15, 0.2) is 23.1 Å². The molecule has 1 heterocycles. The van der Waals surface area contributed by atoms with Crippen LogP contribution in [-0.2, 0) is 10.0 Å². The second-order valence-electron chi connectivity index (χ2n) is 9.05. The molecule has 0 unspecified atom stereocenters. The summed E-state index contributed by atoms with van der Waals surface area (Å²) in [5.41, 5.74) is 0.638. The number of aliphatic hydroxyl groups excluding tert-OH is 1. The zero-order chi connectivity index (χ0) is 25.5. The number of benzene rings is 1. The van der Waals surface area contributed by atoms with E-state index in [4.69, 9.17) is 4.74 Å². The van der Waals surface area contributed by atoms with Gasteiger partial charge in [-0.25, -0.2) is 13.2 Å². The van der Waals surface area contributed by atoms with Gasteiger partial charge in [0.25, 0.3) is 0 Å². The van der Waals surface area contributed by atoms with Crippen LogP contribution in [0.4, 0.5) is 4.79 Å². The number of sulfonamides is 1. The van der Waals surface area contributed by atoms with Crippen molar-refractivity contribution in [3.8, 4) is 17.6 Å². The summed E-state index contributed by atoms with van der Waals surface area (Å²) in [6.07, 6.45) is 0.359. The summed E-state index contributed by atoms with van der Waals surface area (Å²) in [7, 11) is 1.61. The Morgan fingerprint density at radius 1 is 1.35 bits per heavy atom. The third kappa shape index (κ3) is 7.09. The second kappa shape index (κ2) is 12.4. The van der Waals surface area contributed by atoms with E-state index in [-0.39, 0.29) is 42.3 Å². The smallest absolute Gasteiger partial charge is 0.317 e. The lowest BCUT2D eigenvalue weighted by molar-refractivity contribution is 0.0812. The molecule has 0 bridgehead atoms. The van der Waals surface area contributed by atoms with Gasteiger partial charge in [0.1, 0.15) is 16.7 Å². The molecule has 2 rings (SSSR count). The van der Waals surface area contributed by atoms with E-state index in [1.165, 1.54) is 10.4 Å². The summed E-state index contributed by atoms with van der Waals surface area (Å²) in [5.74, 6) is 6.05. The fraction of sp³-hybridized carbons (Fsp3) is 0.625. The minimum atomic E-state index is -3.92. The summed E-state index contributed by atoms with van der Waals surface area (Å²) >= 11 is 0. The molecule has 0 aliphatic carbocycles. The molecular formula is C24H38N4O5S. The number of nitrogens with one attached hydrogen (secondary N) is 1. The molecule has 190 valence electrons. The summed E-state index contributed by atoms with van der Waals surface area (Å²) in [6, 6.07) is 3.99. The molecule has 1 aliphatic rings. The monoisotopic (exact) mass is 494 g/mol. The maximum Gasteiger partial charge on any atom is 0.317 e. The number of aliphatic hydroxyl groups is 1. The van der Waals surface area contributed by atoms with Gasteiger partial charge in [-0.3, -0.25) is 4.90 Å². The van der Waals surface area contributed by atoms with Gasteiger partial charge in [0.05, 0.1) is 19.7 Å². The molecule has 0 radical (unpaired) electrons. The minimum Gasteiger partial charge on any atom is -0.487 e. The molecule has 0 spiro atoms. The number of rotatable bonds is 7. The van der Waals surface area contributed by atoms with Crippen LogP contribution in [0.2, 0.25) is 0 Å². The van der Waals surface area contributed by atoms with Crippen molar-refractivity contribution in [3.63, 3.8) is 0 Å². The van der Waals surface area contributed by atoms with Gasteiger partial charge in [-0.15, -0.1) is 0 Å². The van der Waals surface area contributed by atoms with Gasteiger partial charge in [0.2, 0.25) is 10.0 Å². The highest BCUT2D eigenvalue weighted by Crippen LogP contribution is 2.34. The molecule has 1 aromatic rings. The lowest BCUT2D eigenvalue weighted by atomic mass is 10.0. The molecular weight excluding hydrogens is 456 g/mol. The molecule has 34 heavy (non-hydrogen) atoms. The van der Waals surface area contributed by atoms with Crippen molar-refractivity contribution in [1.29, 1.82) is 0 Å². The highest BCUT2D eigenvalue weighted by atomic mass is 32.2. The van der Waals surface area contributed by atoms with Crippen molar-refractivity contribution >= 4 is 16.1 Å². The number of hydrogen-bond acceptors (Lipinski definition) is 6. The number of carbonyl (C=O) groups is 1. The number of hydrogen-bond donors (Lipinski definition) is 2. The van der Waals surface area contributed by atoms with Crippen molar-refractivity contribution in [2.75, 3.05) is 53.9 Å². The molecule has 0 saturated carbocycles. The van der Waals surface area contributed by atoms with Gasteiger partial charge in [0, 0.05) is 37.7 Å². The molecule has 9 nitrogen and oxygen atoms in total. The lowest BCUT2D eigenvalue weighted by Gasteiger charge is -2.37. The zero-order valence-electron chi connectivity index (χ0n) is 21.0. The fourth-order valence-corrected chi connectivity index (χ4v) is 5.37. The SMILES string of the molecule is CCCNC(=O)N(C)C[C@H]1Oc2cc(C#CCN(C)C)ccc2S(=O)(=O)N([C@@H](C)CO)C[C@H]1C. The summed E-state index contributed by atoms with van der Waals surface area (Å²) in [5, 5.41) is 12.6. The van der Waals surface area contributed by atoms with E-state index in [1.54, 1.807) is 31.0 Å². The number of likely N-dealkylation sites (N-methyl/N-ethyl adjacent to an activating group) is 1. The van der Waals surface area contributed by atoms with Gasteiger partial charge in [-0.2, -0.15) is 4.31 Å². The number of nitrogens with zero attached hydrogens (tertiary/aromatic N) is 3. The normalized spacial score (nSPS) is 20.7. The van der Waals surface area contributed by atoms with Gasteiger partial charge >= 0.3 is 6.03 Å². The van der Waals surface area contributed by atoms with Crippen molar-refractivity contribution in [1.82, 2.24) is 19.4 Å². The predicted octanol–water partition coefficient (Wildman–Crippen LogP) is 1.42. The molecule has 0 fully saturated rings. The average Bonchev–Trinajstić information content (AvgIpc) is 2.78. The Kier molecular flexibility index (Phi) is 10.2. The Bertz CT molecular complexity index is 1000. The van der Waals surface area contributed by atoms with Crippen molar-refractivity contribution < 1.29 is 23.1 Å². The van der Waals surface area contributed by atoms with Crippen LogP contribution < -0.4 is 10.1 Å². The van der Waals surface area contributed by atoms with E-state index in [1.807, 2.05) is 32.8 Å². The standard InChI is InChI=1S/C24H38N4O5S/c1-7-12-25-24(30)27(6)16-22-18(2)15-28(19(3)17-29)34(31,32)23-11-10-20(14-21(23)33-22)9-8-13-26(4)5/h10-11,14,18-19,22,29H,7,12-13,15-17H2,1-6H3,(H,25,30)/t18-,19+,22-/m1/s1. The quantitative estimate of drug-likeness (QED) is 0.556. The molecule has 2 amide bonds. The largest absolute Gasteiger partial charge is 0.487 e. The van der Waals surface area contributed by atoms with Crippen LogP contribution in [0.3, 0.4) is 0 Å². The maximum absolute atomic E-state index is 13.5. The van der Waals surface area contributed by atoms with Crippen LogP contribution in [0.5, 0.6) is 5.75 Å². The molecule has 2 N–H and O–H groups in total. The van der Waals surface area contributed by atoms with E-state index < -0.39 is 22.2 Å². The van der Waals surface area contributed by atoms with Gasteiger partial charge < -0.3 is 20.1 Å². The maximum atomic E-state index is 13.5. The predicted molar refractivity (Wildman–Crippen MR) is 132 cm³/mol. The van der Waals surface area contributed by atoms with Crippen LogP contribution in [0.25, 0.3) is 0 Å². The Morgan fingerprint density at radius 3 is 2.68 bits per heavy atom.